The summed E-state index contributed by atoms with van der Waals surface area (Å²) in [7, 11) is 0. The highest BCUT2D eigenvalue weighted by atomic mass is 16.5. The van der Waals surface area contributed by atoms with Crippen molar-refractivity contribution in [2.75, 3.05) is 13.2 Å². The van der Waals surface area contributed by atoms with Gasteiger partial charge in [-0.15, -0.1) is 0 Å². The molecule has 20 heavy (non-hydrogen) atoms. The first-order valence-corrected chi connectivity index (χ1v) is 7.74. The predicted octanol–water partition coefficient (Wildman–Crippen LogP) is 2.91. The molecule has 1 rings (SSSR count). The zero-order valence-corrected chi connectivity index (χ0v) is 13.3. The number of amides is 1. The summed E-state index contributed by atoms with van der Waals surface area (Å²) in [5.41, 5.74) is 0.341. The van der Waals surface area contributed by atoms with Crippen LogP contribution in [-0.4, -0.2) is 25.0 Å². The Bertz CT molecular complexity index is 339. The Morgan fingerprint density at radius 3 is 2.60 bits per heavy atom. The third-order valence-electron chi connectivity index (χ3n) is 3.91. The minimum atomic E-state index is -0.250. The fourth-order valence-corrected chi connectivity index (χ4v) is 3.57. The lowest BCUT2D eigenvalue weighted by molar-refractivity contribution is -0.143. The van der Waals surface area contributed by atoms with E-state index in [4.69, 9.17) is 4.74 Å². The standard InChI is InChI=1S/C16H29NO3/c1-5-20-15(19)6-7-17-14(18)9-13-8-12(2)10-16(3,4)11-13/h12-13H,5-11H2,1-4H3,(H,17,18). The van der Waals surface area contributed by atoms with Crippen LogP contribution in [0.4, 0.5) is 0 Å². The van der Waals surface area contributed by atoms with Crippen molar-refractivity contribution < 1.29 is 14.3 Å². The Morgan fingerprint density at radius 1 is 1.30 bits per heavy atom. The van der Waals surface area contributed by atoms with Crippen molar-refractivity contribution in [3.63, 3.8) is 0 Å². The Hall–Kier alpha value is -1.06. The van der Waals surface area contributed by atoms with Crippen LogP contribution in [0.5, 0.6) is 0 Å². The molecule has 0 bridgehead atoms. The van der Waals surface area contributed by atoms with E-state index in [1.165, 1.54) is 6.42 Å². The van der Waals surface area contributed by atoms with E-state index in [1.807, 2.05) is 0 Å². The summed E-state index contributed by atoms with van der Waals surface area (Å²) in [5.74, 6) is 0.969. The predicted molar refractivity (Wildman–Crippen MR) is 79.2 cm³/mol. The van der Waals surface area contributed by atoms with Gasteiger partial charge in [0.2, 0.25) is 5.91 Å². The second-order valence-corrected chi connectivity index (χ2v) is 6.89. The topological polar surface area (TPSA) is 55.4 Å². The van der Waals surface area contributed by atoms with Gasteiger partial charge in [0.1, 0.15) is 0 Å². The number of ether oxygens (including phenoxy) is 1. The van der Waals surface area contributed by atoms with Crippen LogP contribution in [0.2, 0.25) is 0 Å². The van der Waals surface area contributed by atoms with Gasteiger partial charge < -0.3 is 10.1 Å². The molecule has 0 saturated heterocycles. The van der Waals surface area contributed by atoms with Gasteiger partial charge >= 0.3 is 5.97 Å². The average molecular weight is 283 g/mol. The Balaban J connectivity index is 2.26. The molecule has 1 amide bonds. The summed E-state index contributed by atoms with van der Waals surface area (Å²) in [4.78, 5) is 23.1. The highest BCUT2D eigenvalue weighted by molar-refractivity contribution is 5.77. The summed E-state index contributed by atoms with van der Waals surface area (Å²) >= 11 is 0. The second kappa shape index (κ2) is 7.65. The van der Waals surface area contributed by atoms with Crippen LogP contribution in [-0.2, 0) is 14.3 Å². The molecule has 1 N–H and O–H groups in total. The molecule has 0 aliphatic heterocycles. The SMILES string of the molecule is CCOC(=O)CCNC(=O)CC1CC(C)CC(C)(C)C1. The van der Waals surface area contributed by atoms with Crippen molar-refractivity contribution in [1.29, 1.82) is 0 Å². The smallest absolute Gasteiger partial charge is 0.307 e. The monoisotopic (exact) mass is 283 g/mol. The maximum atomic E-state index is 11.9. The van der Waals surface area contributed by atoms with Gasteiger partial charge in [0.05, 0.1) is 13.0 Å². The Kier molecular flexibility index (Phi) is 6.50. The van der Waals surface area contributed by atoms with Gasteiger partial charge in [-0.3, -0.25) is 9.59 Å². The van der Waals surface area contributed by atoms with E-state index in [2.05, 4.69) is 26.1 Å². The second-order valence-electron chi connectivity index (χ2n) is 6.89. The molecule has 4 nitrogen and oxygen atoms in total. The Morgan fingerprint density at radius 2 is 2.00 bits per heavy atom. The first-order valence-electron chi connectivity index (χ1n) is 7.74. The Labute approximate surface area is 122 Å². The zero-order valence-electron chi connectivity index (χ0n) is 13.3. The number of carbonyl (C=O) groups excluding carboxylic acids is 2. The van der Waals surface area contributed by atoms with Gasteiger partial charge in [-0.05, 0) is 43.4 Å². The molecule has 0 aromatic carbocycles. The summed E-state index contributed by atoms with van der Waals surface area (Å²) in [6, 6.07) is 0. The third-order valence-corrected chi connectivity index (χ3v) is 3.91. The van der Waals surface area contributed by atoms with Crippen LogP contribution < -0.4 is 5.32 Å². The van der Waals surface area contributed by atoms with E-state index < -0.39 is 0 Å². The highest BCUT2D eigenvalue weighted by Gasteiger charge is 2.32. The van der Waals surface area contributed by atoms with Gasteiger partial charge in [-0.25, -0.2) is 0 Å². The molecule has 1 fully saturated rings. The number of nitrogens with one attached hydrogen (secondary N) is 1. The van der Waals surface area contributed by atoms with Crippen molar-refractivity contribution >= 4 is 11.9 Å². The number of esters is 1. The van der Waals surface area contributed by atoms with Gasteiger partial charge in [-0.1, -0.05) is 20.8 Å². The van der Waals surface area contributed by atoms with Crippen molar-refractivity contribution in [3.05, 3.63) is 0 Å². The first-order chi connectivity index (χ1) is 9.32. The molecule has 0 heterocycles. The lowest BCUT2D eigenvalue weighted by Gasteiger charge is -2.38. The van der Waals surface area contributed by atoms with E-state index in [0.717, 1.165) is 12.8 Å². The lowest BCUT2D eigenvalue weighted by atomic mass is 9.67. The highest BCUT2D eigenvalue weighted by Crippen LogP contribution is 2.42. The molecular formula is C16H29NO3. The zero-order chi connectivity index (χ0) is 15.2. The van der Waals surface area contributed by atoms with E-state index in [-0.39, 0.29) is 18.3 Å². The molecule has 2 atom stereocenters. The van der Waals surface area contributed by atoms with Crippen molar-refractivity contribution in [2.24, 2.45) is 17.3 Å². The van der Waals surface area contributed by atoms with Crippen molar-refractivity contribution in [1.82, 2.24) is 5.32 Å². The first kappa shape index (κ1) is 17.0. The molecule has 4 heteroatoms. The molecule has 116 valence electrons. The summed E-state index contributed by atoms with van der Waals surface area (Å²) in [6.45, 7) is 9.39. The molecule has 0 aromatic heterocycles. The van der Waals surface area contributed by atoms with Crippen molar-refractivity contribution in [3.8, 4) is 0 Å². The lowest BCUT2D eigenvalue weighted by Crippen LogP contribution is -2.33. The van der Waals surface area contributed by atoms with E-state index in [9.17, 15) is 9.59 Å². The average Bonchev–Trinajstić information content (AvgIpc) is 2.25. The number of carbonyl (C=O) groups is 2. The molecular weight excluding hydrogens is 254 g/mol. The molecule has 1 aliphatic rings. The van der Waals surface area contributed by atoms with Crippen LogP contribution in [0, 0.1) is 17.3 Å². The van der Waals surface area contributed by atoms with E-state index in [1.54, 1.807) is 6.92 Å². The van der Waals surface area contributed by atoms with Gasteiger partial charge in [0, 0.05) is 13.0 Å². The number of rotatable bonds is 6. The minimum absolute atomic E-state index is 0.0594. The third kappa shape index (κ3) is 6.40. The summed E-state index contributed by atoms with van der Waals surface area (Å²) < 4.78 is 4.82. The number of hydrogen-bond donors (Lipinski definition) is 1. The fraction of sp³-hybridized carbons (Fsp3) is 0.875. The molecule has 1 aliphatic carbocycles. The largest absolute Gasteiger partial charge is 0.466 e. The van der Waals surface area contributed by atoms with Gasteiger partial charge in [-0.2, -0.15) is 0 Å². The summed E-state index contributed by atoms with van der Waals surface area (Å²) in [5, 5.41) is 2.82. The van der Waals surface area contributed by atoms with Crippen LogP contribution in [0.15, 0.2) is 0 Å². The molecule has 0 spiro atoms. The van der Waals surface area contributed by atoms with Crippen LogP contribution >= 0.6 is 0 Å². The minimum Gasteiger partial charge on any atom is -0.466 e. The van der Waals surface area contributed by atoms with Gasteiger partial charge in [0.15, 0.2) is 0 Å². The van der Waals surface area contributed by atoms with E-state index in [0.29, 0.717) is 36.8 Å². The molecule has 2 unspecified atom stereocenters. The molecule has 0 radical (unpaired) electrons. The maximum Gasteiger partial charge on any atom is 0.307 e. The fourth-order valence-electron chi connectivity index (χ4n) is 3.57. The van der Waals surface area contributed by atoms with Gasteiger partial charge in [0.25, 0.3) is 0 Å². The van der Waals surface area contributed by atoms with Crippen LogP contribution in [0.3, 0.4) is 0 Å². The van der Waals surface area contributed by atoms with Crippen LogP contribution in [0.1, 0.15) is 59.8 Å². The normalized spacial score (nSPS) is 25.0. The molecule has 1 saturated carbocycles. The van der Waals surface area contributed by atoms with E-state index >= 15 is 0 Å². The molecule has 0 aromatic rings. The summed E-state index contributed by atoms with van der Waals surface area (Å²) in [6.07, 6.45) is 4.33. The van der Waals surface area contributed by atoms with Crippen molar-refractivity contribution in [2.45, 2.75) is 59.8 Å². The maximum absolute atomic E-state index is 11.9. The quantitative estimate of drug-likeness (QED) is 0.763. The number of hydrogen-bond acceptors (Lipinski definition) is 3. The van der Waals surface area contributed by atoms with Crippen LogP contribution in [0.25, 0.3) is 0 Å².